The molecule has 134 valence electrons. The van der Waals surface area contributed by atoms with Crippen LogP contribution in [0.15, 0.2) is 60.7 Å². The summed E-state index contributed by atoms with van der Waals surface area (Å²) in [6.45, 7) is 0. The van der Waals surface area contributed by atoms with E-state index in [1.807, 2.05) is 24.3 Å². The van der Waals surface area contributed by atoms with Crippen molar-refractivity contribution in [2.24, 2.45) is 0 Å². The van der Waals surface area contributed by atoms with Gasteiger partial charge in [0, 0.05) is 17.3 Å². The predicted octanol–water partition coefficient (Wildman–Crippen LogP) is 6.23. The van der Waals surface area contributed by atoms with Crippen LogP contribution in [0.2, 0.25) is 10.0 Å². The maximum absolute atomic E-state index is 12.4. The number of rotatable bonds is 3. The Bertz CT molecular complexity index is 1140. The number of fused-ring (bicyclic) bond motifs is 1. The van der Waals surface area contributed by atoms with Crippen molar-refractivity contribution >= 4 is 56.3 Å². The minimum Gasteiger partial charge on any atom is -0.507 e. The number of phenols is 1. The quantitative estimate of drug-likeness (QED) is 0.417. The van der Waals surface area contributed by atoms with Crippen molar-refractivity contribution in [1.82, 2.24) is 4.98 Å². The van der Waals surface area contributed by atoms with Gasteiger partial charge in [0.1, 0.15) is 10.8 Å². The number of nitrogens with zero attached hydrogens (tertiary/aromatic N) is 1. The lowest BCUT2D eigenvalue weighted by Crippen LogP contribution is -2.11. The molecule has 27 heavy (non-hydrogen) atoms. The Morgan fingerprint density at radius 3 is 2.56 bits per heavy atom. The zero-order valence-electron chi connectivity index (χ0n) is 13.7. The zero-order valence-corrected chi connectivity index (χ0v) is 16.1. The molecule has 0 bridgehead atoms. The Morgan fingerprint density at radius 2 is 1.81 bits per heavy atom. The molecule has 1 heterocycles. The van der Waals surface area contributed by atoms with Crippen LogP contribution in [0.5, 0.6) is 5.75 Å². The van der Waals surface area contributed by atoms with E-state index >= 15 is 0 Å². The Hall–Kier alpha value is -2.60. The summed E-state index contributed by atoms with van der Waals surface area (Å²) in [4.78, 5) is 16.9. The van der Waals surface area contributed by atoms with Crippen molar-refractivity contribution in [3.05, 3.63) is 76.3 Å². The number of thiazole rings is 1. The van der Waals surface area contributed by atoms with Crippen molar-refractivity contribution in [2.75, 3.05) is 5.32 Å². The maximum atomic E-state index is 12.4. The molecule has 0 aliphatic heterocycles. The molecule has 7 heteroatoms. The molecule has 0 unspecified atom stereocenters. The molecule has 0 saturated heterocycles. The van der Waals surface area contributed by atoms with Gasteiger partial charge in [0.25, 0.3) is 5.91 Å². The Kier molecular flexibility index (Phi) is 4.74. The minimum absolute atomic E-state index is 0.0426. The number of carbonyl (C=O) groups excluding carboxylic acids is 1. The van der Waals surface area contributed by atoms with Crippen LogP contribution >= 0.6 is 34.5 Å². The van der Waals surface area contributed by atoms with E-state index in [0.29, 0.717) is 26.9 Å². The van der Waals surface area contributed by atoms with Crippen LogP contribution in [0.1, 0.15) is 10.4 Å². The molecule has 3 aromatic carbocycles. The van der Waals surface area contributed by atoms with Gasteiger partial charge < -0.3 is 10.4 Å². The van der Waals surface area contributed by atoms with Gasteiger partial charge in [0.15, 0.2) is 0 Å². The van der Waals surface area contributed by atoms with E-state index in [1.54, 1.807) is 24.3 Å². The van der Waals surface area contributed by atoms with Crippen molar-refractivity contribution in [3.63, 3.8) is 0 Å². The third kappa shape index (κ3) is 3.62. The molecule has 0 radical (unpaired) electrons. The number of hydrogen-bond donors (Lipinski definition) is 2. The Morgan fingerprint density at radius 1 is 1.00 bits per heavy atom. The summed E-state index contributed by atoms with van der Waals surface area (Å²) in [5.41, 5.74) is 2.34. The molecule has 0 aliphatic carbocycles. The number of nitrogens with one attached hydrogen (secondary N) is 1. The number of aromatic nitrogens is 1. The third-order valence-corrected chi connectivity index (χ3v) is 5.77. The second kappa shape index (κ2) is 7.19. The monoisotopic (exact) mass is 414 g/mol. The average Bonchev–Trinajstić information content (AvgIpc) is 3.07. The fourth-order valence-electron chi connectivity index (χ4n) is 2.62. The molecule has 0 fully saturated rings. The summed E-state index contributed by atoms with van der Waals surface area (Å²) in [7, 11) is 0. The highest BCUT2D eigenvalue weighted by Gasteiger charge is 2.13. The van der Waals surface area contributed by atoms with Crippen molar-refractivity contribution < 1.29 is 9.90 Å². The molecule has 1 amide bonds. The first kappa shape index (κ1) is 17.8. The van der Waals surface area contributed by atoms with Gasteiger partial charge in [-0.2, -0.15) is 0 Å². The first-order chi connectivity index (χ1) is 13.0. The molecular formula is C20H12Cl2N2O2S. The molecule has 4 rings (SSSR count). The van der Waals surface area contributed by atoms with Gasteiger partial charge in [-0.25, -0.2) is 4.98 Å². The van der Waals surface area contributed by atoms with Gasteiger partial charge in [-0.05, 0) is 42.5 Å². The summed E-state index contributed by atoms with van der Waals surface area (Å²) >= 11 is 13.3. The van der Waals surface area contributed by atoms with Crippen molar-refractivity contribution in [2.45, 2.75) is 0 Å². The fourth-order valence-corrected chi connectivity index (χ4v) is 3.92. The van der Waals surface area contributed by atoms with Crippen LogP contribution < -0.4 is 5.32 Å². The van der Waals surface area contributed by atoms with Gasteiger partial charge in [-0.15, -0.1) is 11.3 Å². The van der Waals surface area contributed by atoms with E-state index in [0.717, 1.165) is 15.2 Å². The molecular weight excluding hydrogens is 403 g/mol. The topological polar surface area (TPSA) is 62.2 Å². The van der Waals surface area contributed by atoms with Crippen LogP contribution in [-0.4, -0.2) is 16.0 Å². The van der Waals surface area contributed by atoms with Gasteiger partial charge in [-0.1, -0.05) is 35.3 Å². The second-order valence-corrected chi connectivity index (χ2v) is 7.65. The number of anilines is 1. The van der Waals surface area contributed by atoms with Crippen LogP contribution in [0.3, 0.4) is 0 Å². The predicted molar refractivity (Wildman–Crippen MR) is 111 cm³/mol. The van der Waals surface area contributed by atoms with E-state index in [2.05, 4.69) is 10.3 Å². The van der Waals surface area contributed by atoms with Crippen LogP contribution in [0, 0.1) is 0 Å². The molecule has 2 N–H and O–H groups in total. The number of halogens is 2. The Balaban J connectivity index is 1.59. The largest absolute Gasteiger partial charge is 0.507 e. The molecule has 4 aromatic rings. The summed E-state index contributed by atoms with van der Waals surface area (Å²) in [5, 5.41) is 14.5. The van der Waals surface area contributed by atoms with E-state index in [1.165, 1.54) is 23.5 Å². The summed E-state index contributed by atoms with van der Waals surface area (Å²) in [5.74, 6) is -0.304. The van der Waals surface area contributed by atoms with E-state index in [4.69, 9.17) is 23.2 Å². The number of benzene rings is 3. The van der Waals surface area contributed by atoms with Gasteiger partial charge in [0.05, 0.1) is 25.8 Å². The summed E-state index contributed by atoms with van der Waals surface area (Å²) in [6, 6.07) is 17.4. The van der Waals surface area contributed by atoms with E-state index < -0.39 is 0 Å². The number of phenolic OH excluding ortho intramolecular Hbond substituents is 1. The van der Waals surface area contributed by atoms with E-state index in [-0.39, 0.29) is 11.7 Å². The SMILES string of the molecule is O=C(Nc1ccc(-c2nc3ccccc3s2)c(O)c1)c1ccc(Cl)c(Cl)c1. The van der Waals surface area contributed by atoms with E-state index in [9.17, 15) is 9.90 Å². The molecule has 0 atom stereocenters. The number of hydrogen-bond acceptors (Lipinski definition) is 4. The first-order valence-electron chi connectivity index (χ1n) is 7.96. The normalized spacial score (nSPS) is 10.9. The summed E-state index contributed by atoms with van der Waals surface area (Å²) in [6.07, 6.45) is 0. The first-order valence-corrected chi connectivity index (χ1v) is 9.54. The molecule has 0 spiro atoms. The lowest BCUT2D eigenvalue weighted by Gasteiger charge is -2.08. The number of carbonyl (C=O) groups is 1. The molecule has 0 saturated carbocycles. The van der Waals surface area contributed by atoms with Gasteiger partial charge in [0.2, 0.25) is 0 Å². The lowest BCUT2D eigenvalue weighted by molar-refractivity contribution is 0.102. The fraction of sp³-hybridized carbons (Fsp3) is 0. The zero-order chi connectivity index (χ0) is 19.0. The highest BCUT2D eigenvalue weighted by Crippen LogP contribution is 2.36. The highest BCUT2D eigenvalue weighted by atomic mass is 35.5. The second-order valence-electron chi connectivity index (χ2n) is 5.80. The van der Waals surface area contributed by atoms with Crippen LogP contribution in [-0.2, 0) is 0 Å². The lowest BCUT2D eigenvalue weighted by atomic mass is 10.1. The van der Waals surface area contributed by atoms with Crippen LogP contribution in [0.25, 0.3) is 20.8 Å². The number of amides is 1. The van der Waals surface area contributed by atoms with Gasteiger partial charge in [-0.3, -0.25) is 4.79 Å². The maximum Gasteiger partial charge on any atom is 0.255 e. The average molecular weight is 415 g/mol. The smallest absolute Gasteiger partial charge is 0.255 e. The van der Waals surface area contributed by atoms with Crippen molar-refractivity contribution in [3.8, 4) is 16.3 Å². The standard InChI is InChI=1S/C20H12Cl2N2O2S/c21-14-8-5-11(9-15(14)22)19(26)23-12-6-7-13(17(25)10-12)20-24-16-3-1-2-4-18(16)27-20/h1-10,25H,(H,23,26). The molecule has 1 aromatic heterocycles. The molecule has 0 aliphatic rings. The highest BCUT2D eigenvalue weighted by molar-refractivity contribution is 7.21. The number of aromatic hydroxyl groups is 1. The van der Waals surface area contributed by atoms with Crippen molar-refractivity contribution in [1.29, 1.82) is 0 Å². The molecule has 4 nitrogen and oxygen atoms in total. The summed E-state index contributed by atoms with van der Waals surface area (Å²) < 4.78 is 1.05. The third-order valence-electron chi connectivity index (χ3n) is 3.96. The van der Waals surface area contributed by atoms with Gasteiger partial charge >= 0.3 is 0 Å². The Labute approximate surface area is 169 Å². The van der Waals surface area contributed by atoms with Crippen LogP contribution in [0.4, 0.5) is 5.69 Å². The number of para-hydroxylation sites is 1. The minimum atomic E-state index is -0.347.